The Morgan fingerprint density at radius 2 is 2.10 bits per heavy atom. The molecule has 0 saturated carbocycles. The van der Waals surface area contributed by atoms with Gasteiger partial charge in [0.15, 0.2) is 0 Å². The molecule has 0 atom stereocenters. The molecule has 1 aromatic rings. The van der Waals surface area contributed by atoms with Crippen molar-refractivity contribution in [1.82, 2.24) is 10.3 Å². The smallest absolute Gasteiger partial charge is 0.142 e. The second kappa shape index (κ2) is 8.35. The maximum absolute atomic E-state index is 6.03. The molecule has 4 nitrogen and oxygen atoms in total. The second-order valence-electron chi connectivity index (χ2n) is 6.29. The van der Waals surface area contributed by atoms with Crippen molar-refractivity contribution < 1.29 is 9.47 Å². The third kappa shape index (κ3) is 5.64. The molecular formula is C17H28N2O2. The Morgan fingerprint density at radius 1 is 1.33 bits per heavy atom. The summed E-state index contributed by atoms with van der Waals surface area (Å²) in [5.74, 6) is 2.17. The third-order valence-electron chi connectivity index (χ3n) is 3.73. The summed E-state index contributed by atoms with van der Waals surface area (Å²) in [7, 11) is 0. The summed E-state index contributed by atoms with van der Waals surface area (Å²) < 4.78 is 11.4. The minimum Gasteiger partial charge on any atom is -0.491 e. The van der Waals surface area contributed by atoms with E-state index < -0.39 is 0 Å². The summed E-state index contributed by atoms with van der Waals surface area (Å²) in [6, 6.07) is 4.07. The van der Waals surface area contributed by atoms with Crippen LogP contribution in [-0.4, -0.2) is 31.3 Å². The fourth-order valence-electron chi connectivity index (χ4n) is 2.46. The zero-order chi connectivity index (χ0) is 15.1. The molecular weight excluding hydrogens is 264 g/mol. The van der Waals surface area contributed by atoms with Crippen molar-refractivity contribution in [2.45, 2.75) is 40.2 Å². The number of nitrogens with one attached hydrogen (secondary N) is 1. The van der Waals surface area contributed by atoms with Gasteiger partial charge in [-0.3, -0.25) is 4.98 Å². The Kier molecular flexibility index (Phi) is 6.46. The van der Waals surface area contributed by atoms with Crippen LogP contribution in [0.3, 0.4) is 0 Å². The Labute approximate surface area is 128 Å². The highest BCUT2D eigenvalue weighted by molar-refractivity contribution is 5.29. The number of ether oxygens (including phenoxy) is 2. The first-order chi connectivity index (χ1) is 10.1. The van der Waals surface area contributed by atoms with Gasteiger partial charge in [-0.2, -0.15) is 0 Å². The molecule has 0 aromatic carbocycles. The van der Waals surface area contributed by atoms with Gasteiger partial charge in [-0.15, -0.1) is 0 Å². The highest BCUT2D eigenvalue weighted by Gasteiger charge is 2.15. The van der Waals surface area contributed by atoms with Crippen molar-refractivity contribution in [2.75, 3.05) is 26.4 Å². The van der Waals surface area contributed by atoms with Crippen LogP contribution in [0, 0.1) is 18.8 Å². The summed E-state index contributed by atoms with van der Waals surface area (Å²) in [6.45, 7) is 10.7. The number of aromatic nitrogens is 1. The molecule has 21 heavy (non-hydrogen) atoms. The largest absolute Gasteiger partial charge is 0.491 e. The SMILES string of the molecule is Cc1ccc(OCC2CCOCC2)c(CNCC(C)C)n1. The lowest BCUT2D eigenvalue weighted by molar-refractivity contribution is 0.0495. The standard InChI is InChI=1S/C17H28N2O2/c1-13(2)10-18-11-16-17(5-4-14(3)19-16)21-12-15-6-8-20-9-7-15/h4-5,13,15,18H,6-12H2,1-3H3. The Hall–Kier alpha value is -1.13. The average molecular weight is 292 g/mol. The molecule has 0 spiro atoms. The van der Waals surface area contributed by atoms with Gasteiger partial charge >= 0.3 is 0 Å². The van der Waals surface area contributed by atoms with Crippen molar-refractivity contribution >= 4 is 0 Å². The molecule has 0 amide bonds. The summed E-state index contributed by atoms with van der Waals surface area (Å²) in [4.78, 5) is 4.62. The fourth-order valence-corrected chi connectivity index (χ4v) is 2.46. The molecule has 2 rings (SSSR count). The first-order valence-corrected chi connectivity index (χ1v) is 8.03. The van der Waals surface area contributed by atoms with Crippen LogP contribution in [0.5, 0.6) is 5.75 Å². The number of aryl methyl sites for hydroxylation is 1. The number of rotatable bonds is 7. The molecule has 1 N–H and O–H groups in total. The minimum absolute atomic E-state index is 0.608. The average Bonchev–Trinajstić information content (AvgIpc) is 2.47. The van der Waals surface area contributed by atoms with Gasteiger partial charge in [0.05, 0.1) is 12.3 Å². The van der Waals surface area contributed by atoms with Crippen molar-refractivity contribution in [3.8, 4) is 5.75 Å². The molecule has 0 bridgehead atoms. The number of pyridine rings is 1. The van der Waals surface area contributed by atoms with Crippen molar-refractivity contribution in [3.63, 3.8) is 0 Å². The fraction of sp³-hybridized carbons (Fsp3) is 0.706. The first-order valence-electron chi connectivity index (χ1n) is 8.03. The van der Waals surface area contributed by atoms with Crippen molar-refractivity contribution in [2.24, 2.45) is 11.8 Å². The maximum Gasteiger partial charge on any atom is 0.142 e. The molecule has 1 fully saturated rings. The molecule has 0 unspecified atom stereocenters. The van der Waals surface area contributed by atoms with Gasteiger partial charge in [0.2, 0.25) is 0 Å². The first kappa shape index (κ1) is 16.2. The number of hydrogen-bond donors (Lipinski definition) is 1. The molecule has 1 aliphatic rings. The zero-order valence-corrected chi connectivity index (χ0v) is 13.5. The van der Waals surface area contributed by atoms with Gasteiger partial charge < -0.3 is 14.8 Å². The Morgan fingerprint density at radius 3 is 2.81 bits per heavy atom. The van der Waals surface area contributed by atoms with E-state index in [1.54, 1.807) is 0 Å². The van der Waals surface area contributed by atoms with Crippen LogP contribution in [0.2, 0.25) is 0 Å². The van der Waals surface area contributed by atoms with E-state index in [9.17, 15) is 0 Å². The maximum atomic E-state index is 6.03. The topological polar surface area (TPSA) is 43.4 Å². The highest BCUT2D eigenvalue weighted by atomic mass is 16.5. The van der Waals surface area contributed by atoms with Crippen LogP contribution in [0.1, 0.15) is 38.1 Å². The predicted octanol–water partition coefficient (Wildman–Crippen LogP) is 2.94. The molecule has 4 heteroatoms. The summed E-state index contributed by atoms with van der Waals surface area (Å²) in [6.07, 6.45) is 2.19. The van der Waals surface area contributed by atoms with E-state index in [0.29, 0.717) is 11.8 Å². The van der Waals surface area contributed by atoms with E-state index in [1.165, 1.54) is 0 Å². The molecule has 1 aliphatic heterocycles. The van der Waals surface area contributed by atoms with Crippen molar-refractivity contribution in [1.29, 1.82) is 0 Å². The van der Waals surface area contributed by atoms with Gasteiger partial charge in [-0.25, -0.2) is 0 Å². The summed E-state index contributed by atoms with van der Waals surface area (Å²) >= 11 is 0. The lowest BCUT2D eigenvalue weighted by Crippen LogP contribution is -2.23. The summed E-state index contributed by atoms with van der Waals surface area (Å²) in [5, 5.41) is 3.44. The summed E-state index contributed by atoms with van der Waals surface area (Å²) in [5.41, 5.74) is 2.05. The van der Waals surface area contributed by atoms with Crippen LogP contribution in [-0.2, 0) is 11.3 Å². The van der Waals surface area contributed by atoms with E-state index in [0.717, 1.165) is 62.9 Å². The van der Waals surface area contributed by atoms with Gasteiger partial charge in [0.25, 0.3) is 0 Å². The molecule has 1 aromatic heterocycles. The van der Waals surface area contributed by atoms with Crippen LogP contribution >= 0.6 is 0 Å². The molecule has 2 heterocycles. The molecule has 1 saturated heterocycles. The number of nitrogens with zero attached hydrogens (tertiary/aromatic N) is 1. The normalized spacial score (nSPS) is 16.4. The lowest BCUT2D eigenvalue weighted by Gasteiger charge is -2.22. The van der Waals surface area contributed by atoms with E-state index >= 15 is 0 Å². The monoisotopic (exact) mass is 292 g/mol. The Balaban J connectivity index is 1.90. The molecule has 118 valence electrons. The van der Waals surface area contributed by atoms with E-state index in [4.69, 9.17) is 9.47 Å². The van der Waals surface area contributed by atoms with Gasteiger partial charge in [0, 0.05) is 25.5 Å². The highest BCUT2D eigenvalue weighted by Crippen LogP contribution is 2.21. The zero-order valence-electron chi connectivity index (χ0n) is 13.5. The third-order valence-corrected chi connectivity index (χ3v) is 3.73. The van der Waals surface area contributed by atoms with Crippen LogP contribution in [0.15, 0.2) is 12.1 Å². The quantitative estimate of drug-likeness (QED) is 0.839. The minimum atomic E-state index is 0.608. The van der Waals surface area contributed by atoms with Gasteiger partial charge in [-0.1, -0.05) is 13.8 Å². The molecule has 0 aliphatic carbocycles. The van der Waals surface area contributed by atoms with Crippen LogP contribution in [0.4, 0.5) is 0 Å². The van der Waals surface area contributed by atoms with Gasteiger partial charge in [-0.05, 0) is 50.3 Å². The van der Waals surface area contributed by atoms with Crippen molar-refractivity contribution in [3.05, 3.63) is 23.5 Å². The Bertz CT molecular complexity index is 429. The lowest BCUT2D eigenvalue weighted by atomic mass is 10.0. The molecule has 0 radical (unpaired) electrons. The second-order valence-corrected chi connectivity index (χ2v) is 6.29. The van der Waals surface area contributed by atoms with Crippen LogP contribution < -0.4 is 10.1 Å². The van der Waals surface area contributed by atoms with Gasteiger partial charge in [0.1, 0.15) is 5.75 Å². The van der Waals surface area contributed by atoms with Crippen LogP contribution in [0.25, 0.3) is 0 Å². The van der Waals surface area contributed by atoms with E-state index in [1.807, 2.05) is 19.1 Å². The predicted molar refractivity (Wildman–Crippen MR) is 84.6 cm³/mol. The van der Waals surface area contributed by atoms with E-state index in [2.05, 4.69) is 24.1 Å². The van der Waals surface area contributed by atoms with E-state index in [-0.39, 0.29) is 0 Å². The number of hydrogen-bond acceptors (Lipinski definition) is 4.